The predicted octanol–water partition coefficient (Wildman–Crippen LogP) is 4.57. The van der Waals surface area contributed by atoms with E-state index in [4.69, 9.17) is 11.6 Å². The number of halogens is 1. The van der Waals surface area contributed by atoms with Crippen molar-refractivity contribution in [2.24, 2.45) is 0 Å². The third-order valence-corrected chi connectivity index (χ3v) is 5.03. The molecule has 0 bridgehead atoms. The van der Waals surface area contributed by atoms with Gasteiger partial charge in [0.1, 0.15) is 0 Å². The Morgan fingerprint density at radius 3 is 2.73 bits per heavy atom. The number of pyridine rings is 1. The van der Waals surface area contributed by atoms with Crippen molar-refractivity contribution in [3.63, 3.8) is 0 Å². The van der Waals surface area contributed by atoms with Crippen LogP contribution in [0.25, 0.3) is 6.08 Å². The van der Waals surface area contributed by atoms with Crippen LogP contribution in [0.2, 0.25) is 5.02 Å². The zero-order valence-corrected chi connectivity index (χ0v) is 17.0. The van der Waals surface area contributed by atoms with Crippen molar-refractivity contribution < 1.29 is 9.59 Å². The Balaban J connectivity index is 1.67. The Morgan fingerprint density at radius 2 is 1.97 bits per heavy atom. The van der Waals surface area contributed by atoms with Crippen LogP contribution >= 0.6 is 11.6 Å². The van der Waals surface area contributed by atoms with Crippen molar-refractivity contribution in [1.82, 2.24) is 4.98 Å². The first-order valence-corrected chi connectivity index (χ1v) is 9.72. The third kappa shape index (κ3) is 4.03. The van der Waals surface area contributed by atoms with Crippen LogP contribution in [-0.4, -0.2) is 23.7 Å². The summed E-state index contributed by atoms with van der Waals surface area (Å²) in [5, 5.41) is 0.542. The molecule has 30 heavy (non-hydrogen) atoms. The molecule has 0 atom stereocenters. The van der Waals surface area contributed by atoms with Crippen LogP contribution in [0.1, 0.15) is 27.0 Å². The molecule has 2 heterocycles. The maximum Gasteiger partial charge on any atom is 0.262 e. The number of fused-ring (bicyclic) bond motifs is 1. The van der Waals surface area contributed by atoms with E-state index in [-0.39, 0.29) is 17.3 Å². The summed E-state index contributed by atoms with van der Waals surface area (Å²) in [7, 11) is 1.66. The van der Waals surface area contributed by atoms with Gasteiger partial charge in [0.15, 0.2) is 0 Å². The number of amides is 1. The lowest BCUT2D eigenvalue weighted by Crippen LogP contribution is -2.36. The standard InChI is InChI=1S/C25H17ClN2O2/c1-28-23-11-10-17(5-2-6-18-8-4-12-27-16-18)14-21(23)24(29)22(25(28)30)15-19-7-3-9-20(26)13-19/h3-4,7-16H,6H2,1H3/b22-15-. The first-order chi connectivity index (χ1) is 14.5. The van der Waals surface area contributed by atoms with Crippen molar-refractivity contribution in [3.05, 3.63) is 99.8 Å². The average Bonchev–Trinajstić information content (AvgIpc) is 2.76. The highest BCUT2D eigenvalue weighted by Crippen LogP contribution is 2.31. The SMILES string of the molecule is CN1C(=O)/C(=C\c2cccc(Cl)c2)C(=O)c2cc(C#CCc3cccnc3)ccc21. The molecule has 0 saturated carbocycles. The van der Waals surface area contributed by atoms with E-state index in [1.807, 2.05) is 18.2 Å². The Hall–Kier alpha value is -3.68. The minimum atomic E-state index is -0.345. The number of aromatic nitrogens is 1. The summed E-state index contributed by atoms with van der Waals surface area (Å²) in [5.74, 6) is 5.54. The molecule has 146 valence electrons. The molecule has 5 heteroatoms. The quantitative estimate of drug-likeness (QED) is 0.352. The van der Waals surface area contributed by atoms with Gasteiger partial charge < -0.3 is 4.90 Å². The van der Waals surface area contributed by atoms with Crippen molar-refractivity contribution in [2.45, 2.75) is 6.42 Å². The first-order valence-electron chi connectivity index (χ1n) is 9.35. The van der Waals surface area contributed by atoms with E-state index in [1.165, 1.54) is 4.90 Å². The van der Waals surface area contributed by atoms with Crippen LogP contribution in [0.4, 0.5) is 5.69 Å². The summed E-state index contributed by atoms with van der Waals surface area (Å²) in [6.07, 6.45) is 5.64. The van der Waals surface area contributed by atoms with Crippen LogP contribution < -0.4 is 4.90 Å². The Kier molecular flexibility index (Phi) is 5.47. The van der Waals surface area contributed by atoms with Crippen molar-refractivity contribution >= 4 is 35.1 Å². The molecule has 3 aromatic rings. The minimum Gasteiger partial charge on any atom is -0.311 e. The lowest BCUT2D eigenvalue weighted by Gasteiger charge is -2.26. The van der Waals surface area contributed by atoms with Crippen LogP contribution in [0.5, 0.6) is 0 Å². The highest BCUT2D eigenvalue weighted by Gasteiger charge is 2.32. The van der Waals surface area contributed by atoms with Gasteiger partial charge in [-0.2, -0.15) is 0 Å². The summed E-state index contributed by atoms with van der Waals surface area (Å²) < 4.78 is 0. The molecular weight excluding hydrogens is 396 g/mol. The smallest absolute Gasteiger partial charge is 0.262 e. The summed E-state index contributed by atoms with van der Waals surface area (Å²) >= 11 is 6.03. The number of hydrogen-bond donors (Lipinski definition) is 0. The highest BCUT2D eigenvalue weighted by molar-refractivity contribution is 6.36. The van der Waals surface area contributed by atoms with Crippen LogP contribution in [-0.2, 0) is 11.2 Å². The van der Waals surface area contributed by atoms with E-state index < -0.39 is 0 Å². The minimum absolute atomic E-state index is 0.104. The zero-order chi connectivity index (χ0) is 21.1. The second-order valence-electron chi connectivity index (χ2n) is 6.88. The largest absolute Gasteiger partial charge is 0.311 e. The monoisotopic (exact) mass is 412 g/mol. The lowest BCUT2D eigenvalue weighted by atomic mass is 9.92. The van der Waals surface area contributed by atoms with Crippen LogP contribution in [0.3, 0.4) is 0 Å². The van der Waals surface area contributed by atoms with Crippen LogP contribution in [0.15, 0.2) is 72.6 Å². The number of rotatable bonds is 2. The van der Waals surface area contributed by atoms with E-state index in [0.717, 1.165) is 11.1 Å². The summed E-state index contributed by atoms with van der Waals surface area (Å²) in [6.45, 7) is 0. The second-order valence-corrected chi connectivity index (χ2v) is 7.31. The number of benzene rings is 2. The molecule has 1 aliphatic rings. The van der Waals surface area contributed by atoms with Crippen molar-refractivity contribution in [2.75, 3.05) is 11.9 Å². The van der Waals surface area contributed by atoms with Gasteiger partial charge in [0.25, 0.3) is 5.91 Å². The molecule has 1 amide bonds. The number of hydrogen-bond acceptors (Lipinski definition) is 3. The Bertz CT molecular complexity index is 1240. The number of anilines is 1. The fourth-order valence-electron chi connectivity index (χ4n) is 3.26. The molecular formula is C25H17ClN2O2. The fourth-order valence-corrected chi connectivity index (χ4v) is 3.46. The molecule has 0 N–H and O–H groups in total. The van der Waals surface area contributed by atoms with Gasteiger partial charge in [-0.15, -0.1) is 0 Å². The molecule has 2 aromatic carbocycles. The number of Topliss-reactive ketones (excluding diaryl/α,β-unsaturated/α-hetero) is 1. The summed E-state index contributed by atoms with van der Waals surface area (Å²) in [4.78, 5) is 31.4. The second kappa shape index (κ2) is 8.36. The average molecular weight is 413 g/mol. The Morgan fingerprint density at radius 1 is 1.10 bits per heavy atom. The van der Waals surface area contributed by atoms with Gasteiger partial charge in [-0.1, -0.05) is 41.6 Å². The van der Waals surface area contributed by atoms with Gasteiger partial charge in [0, 0.05) is 42.0 Å². The van der Waals surface area contributed by atoms with Gasteiger partial charge in [0.2, 0.25) is 5.78 Å². The van der Waals surface area contributed by atoms with E-state index in [0.29, 0.717) is 28.3 Å². The van der Waals surface area contributed by atoms with Gasteiger partial charge in [0.05, 0.1) is 11.3 Å². The first kappa shape index (κ1) is 19.6. The molecule has 0 radical (unpaired) electrons. The van der Waals surface area contributed by atoms with Crippen molar-refractivity contribution in [3.8, 4) is 11.8 Å². The third-order valence-electron chi connectivity index (χ3n) is 4.79. The summed E-state index contributed by atoms with van der Waals surface area (Å²) in [6, 6.07) is 16.2. The molecule has 4 rings (SSSR count). The van der Waals surface area contributed by atoms with Gasteiger partial charge in [-0.05, 0) is 53.6 Å². The Labute approximate surface area is 179 Å². The topological polar surface area (TPSA) is 50.3 Å². The van der Waals surface area contributed by atoms with Gasteiger partial charge in [-0.25, -0.2) is 0 Å². The maximum atomic E-state index is 13.1. The highest BCUT2D eigenvalue weighted by atomic mass is 35.5. The lowest BCUT2D eigenvalue weighted by molar-refractivity contribution is -0.114. The van der Waals surface area contributed by atoms with Gasteiger partial charge in [-0.3, -0.25) is 14.6 Å². The molecule has 0 aliphatic carbocycles. The van der Waals surface area contributed by atoms with E-state index in [1.54, 1.807) is 61.9 Å². The molecule has 0 spiro atoms. The van der Waals surface area contributed by atoms with E-state index in [9.17, 15) is 9.59 Å². The number of carbonyl (C=O) groups is 2. The van der Waals surface area contributed by atoms with E-state index >= 15 is 0 Å². The zero-order valence-electron chi connectivity index (χ0n) is 16.2. The maximum absolute atomic E-state index is 13.1. The number of carbonyl (C=O) groups excluding carboxylic acids is 2. The van der Waals surface area contributed by atoms with E-state index in [2.05, 4.69) is 16.8 Å². The fraction of sp³-hybridized carbons (Fsp3) is 0.0800. The molecule has 0 saturated heterocycles. The normalized spacial score (nSPS) is 14.3. The van der Waals surface area contributed by atoms with Crippen LogP contribution in [0, 0.1) is 11.8 Å². The molecule has 1 aromatic heterocycles. The number of likely N-dealkylation sites (N-methyl/N-ethyl adjacent to an activating group) is 1. The van der Waals surface area contributed by atoms with Crippen molar-refractivity contribution in [1.29, 1.82) is 0 Å². The van der Waals surface area contributed by atoms with Gasteiger partial charge >= 0.3 is 0 Å². The number of nitrogens with zero attached hydrogens (tertiary/aromatic N) is 2. The molecule has 0 unspecified atom stereocenters. The summed E-state index contributed by atoms with van der Waals surface area (Å²) in [5.41, 5.74) is 3.58. The molecule has 0 fully saturated rings. The molecule has 4 nitrogen and oxygen atoms in total. The molecule has 1 aliphatic heterocycles. The number of ketones is 1. The predicted molar refractivity (Wildman–Crippen MR) is 118 cm³/mol.